The van der Waals surface area contributed by atoms with Gasteiger partial charge in [-0.2, -0.15) is 0 Å². The molecule has 0 amide bonds. The molecule has 0 aromatic rings. The van der Waals surface area contributed by atoms with Crippen molar-refractivity contribution in [2.24, 2.45) is 71.0 Å². The maximum atomic E-state index is 7.74. The fraction of sp³-hybridized carbons (Fsp3) is 1.00. The Bertz CT molecular complexity index is 733. The van der Waals surface area contributed by atoms with E-state index in [0.717, 1.165) is 25.7 Å². The predicted molar refractivity (Wildman–Crippen MR) is 191 cm³/mol. The van der Waals surface area contributed by atoms with E-state index in [1.165, 1.54) is 51.4 Å². The third-order valence-electron chi connectivity index (χ3n) is 13.0. The van der Waals surface area contributed by atoms with Crippen molar-refractivity contribution in [2.75, 3.05) is 0 Å². The van der Waals surface area contributed by atoms with Gasteiger partial charge in [0.2, 0.25) is 0 Å². The van der Waals surface area contributed by atoms with Crippen molar-refractivity contribution in [2.45, 2.75) is 185 Å². The molecule has 264 valence electrons. The first-order valence-electron chi connectivity index (χ1n) is 19.9. The van der Waals surface area contributed by atoms with Crippen LogP contribution in [-0.2, 0) is 15.1 Å². The molecule has 5 heteroatoms. The van der Waals surface area contributed by atoms with Crippen molar-refractivity contribution in [3.05, 3.63) is 0 Å². The van der Waals surface area contributed by atoms with E-state index in [1.54, 1.807) is 0 Å². The Morgan fingerprint density at radius 3 is 0.733 bits per heavy atom. The first-order chi connectivity index (χ1) is 21.2. The molecule has 4 aliphatic carbocycles. The van der Waals surface area contributed by atoms with Crippen LogP contribution in [0.1, 0.15) is 160 Å². The molecule has 0 radical (unpaired) electrons. The van der Waals surface area contributed by atoms with Crippen molar-refractivity contribution in [3.63, 3.8) is 0 Å². The van der Waals surface area contributed by atoms with Gasteiger partial charge in [-0.1, -0.05) is 0 Å². The van der Waals surface area contributed by atoms with Gasteiger partial charge < -0.3 is 0 Å². The molecule has 0 heterocycles. The molecule has 4 aliphatic rings. The van der Waals surface area contributed by atoms with Gasteiger partial charge in [0.05, 0.1) is 0 Å². The van der Waals surface area contributed by atoms with E-state index in [9.17, 15) is 0 Å². The van der Waals surface area contributed by atoms with E-state index in [0.29, 0.717) is 71.0 Å². The van der Waals surface area contributed by atoms with Crippen LogP contribution in [0.4, 0.5) is 0 Å². The van der Waals surface area contributed by atoms with E-state index in [2.05, 4.69) is 83.1 Å². The molecule has 0 aromatic heterocycles. The molecule has 0 spiro atoms. The number of hydrogen-bond donors (Lipinski definition) is 0. The zero-order valence-electron chi connectivity index (χ0n) is 31.9. The summed E-state index contributed by atoms with van der Waals surface area (Å²) in [6, 6.07) is 0. The Hall–Kier alpha value is 0.383. The Balaban J connectivity index is 1.82. The predicted octanol–water partition coefficient (Wildman–Crippen LogP) is 11.3. The summed E-state index contributed by atoms with van der Waals surface area (Å²) in [7, 11) is 0. The second kappa shape index (κ2) is 16.9. The van der Waals surface area contributed by atoms with E-state index in [1.807, 2.05) is 0 Å². The van der Waals surface area contributed by atoms with Crippen molar-refractivity contribution in [1.82, 2.24) is 0 Å². The van der Waals surface area contributed by atoms with Gasteiger partial charge in [-0.05, 0) is 0 Å². The van der Waals surface area contributed by atoms with E-state index < -0.39 is 14.6 Å². The first-order valence-corrected chi connectivity index (χ1v) is 23.3. The van der Waals surface area contributed by atoms with Crippen LogP contribution in [0.2, 0.25) is 0 Å². The Kier molecular flexibility index (Phi) is 14.3. The van der Waals surface area contributed by atoms with Crippen LogP contribution in [-0.4, -0.2) is 39.0 Å². The summed E-state index contributed by atoms with van der Waals surface area (Å²) in [4.78, 5) is 0. The molecule has 0 bridgehead atoms. The molecular formula is C40H76GeO4. The van der Waals surface area contributed by atoms with Gasteiger partial charge in [0.1, 0.15) is 0 Å². The van der Waals surface area contributed by atoms with Crippen LogP contribution in [0.25, 0.3) is 0 Å². The standard InChI is InChI=1S/C40H76GeO4/c1-25(2)33-17-13-29(9)21-37(33)42-41(43-38-22-30(10)14-18-34(38)26(3)4,44-39-23-31(11)15-19-35(39)27(5)6)45-40-24-32(12)16-20-36(40)28(7)8/h25-40H,13-24H2,1-12H3. The van der Waals surface area contributed by atoms with Crippen molar-refractivity contribution in [3.8, 4) is 0 Å². The third kappa shape index (κ3) is 10.2. The van der Waals surface area contributed by atoms with E-state index in [-0.39, 0.29) is 24.4 Å². The van der Waals surface area contributed by atoms with Gasteiger partial charge in [0, 0.05) is 0 Å². The summed E-state index contributed by atoms with van der Waals surface area (Å²) in [6.45, 7) is 28.9. The molecule has 4 fully saturated rings. The summed E-state index contributed by atoms with van der Waals surface area (Å²) in [5.74, 6) is 7.12. The minimum atomic E-state index is -4.37. The molecule has 4 nitrogen and oxygen atoms in total. The van der Waals surface area contributed by atoms with Crippen molar-refractivity contribution < 1.29 is 15.1 Å². The SMILES string of the molecule is CC1CCC(C(C)C)C([O][Ge]([O]C2CC(C)CCC2C(C)C)([O]C2CC(C)CCC2C(C)C)[O]C2CC(C)CCC2C(C)C)C1. The molecule has 4 rings (SSSR count). The second-order valence-electron chi connectivity index (χ2n) is 18.4. The molecule has 0 aliphatic heterocycles. The van der Waals surface area contributed by atoms with Gasteiger partial charge in [-0.25, -0.2) is 0 Å². The molecular weight excluding hydrogens is 617 g/mol. The molecule has 0 aromatic carbocycles. The van der Waals surface area contributed by atoms with Gasteiger partial charge in [0.15, 0.2) is 0 Å². The van der Waals surface area contributed by atoms with Gasteiger partial charge in [0.25, 0.3) is 0 Å². The Morgan fingerprint density at radius 1 is 0.356 bits per heavy atom. The van der Waals surface area contributed by atoms with Crippen LogP contribution in [0.3, 0.4) is 0 Å². The minimum absolute atomic E-state index is 0.157. The second-order valence-corrected chi connectivity index (χ2v) is 22.5. The van der Waals surface area contributed by atoms with Crippen LogP contribution >= 0.6 is 0 Å². The molecule has 4 saturated carbocycles. The number of hydrogen-bond acceptors (Lipinski definition) is 4. The fourth-order valence-electron chi connectivity index (χ4n) is 9.91. The summed E-state index contributed by atoms with van der Waals surface area (Å²) >= 11 is -4.37. The summed E-state index contributed by atoms with van der Waals surface area (Å²) < 4.78 is 31.0. The summed E-state index contributed by atoms with van der Waals surface area (Å²) in [5.41, 5.74) is 0. The van der Waals surface area contributed by atoms with Gasteiger partial charge in [-0.3, -0.25) is 0 Å². The van der Waals surface area contributed by atoms with Crippen LogP contribution in [0.5, 0.6) is 0 Å². The van der Waals surface area contributed by atoms with Crippen molar-refractivity contribution >= 4 is 14.6 Å². The fourth-order valence-corrected chi connectivity index (χ4v) is 16.0. The van der Waals surface area contributed by atoms with Gasteiger partial charge in [-0.15, -0.1) is 0 Å². The number of rotatable bonds is 12. The normalized spacial score (nSPS) is 41.6. The molecule has 12 unspecified atom stereocenters. The maximum absolute atomic E-state index is 7.74. The monoisotopic (exact) mass is 694 g/mol. The molecule has 0 saturated heterocycles. The van der Waals surface area contributed by atoms with Crippen LogP contribution in [0, 0.1) is 71.0 Å². The molecule has 0 N–H and O–H groups in total. The molecule has 12 atom stereocenters. The average Bonchev–Trinajstić information content (AvgIpc) is 2.92. The Morgan fingerprint density at radius 2 is 0.556 bits per heavy atom. The van der Waals surface area contributed by atoms with Crippen LogP contribution < -0.4 is 0 Å². The van der Waals surface area contributed by atoms with E-state index in [4.69, 9.17) is 15.1 Å². The topological polar surface area (TPSA) is 36.9 Å². The molecule has 45 heavy (non-hydrogen) atoms. The average molecular weight is 694 g/mol. The third-order valence-corrected chi connectivity index (χ3v) is 18.0. The summed E-state index contributed by atoms with van der Waals surface area (Å²) in [5, 5.41) is 0. The summed E-state index contributed by atoms with van der Waals surface area (Å²) in [6.07, 6.45) is 15.2. The zero-order chi connectivity index (χ0) is 33.1. The van der Waals surface area contributed by atoms with Crippen LogP contribution in [0.15, 0.2) is 0 Å². The Labute approximate surface area is 284 Å². The van der Waals surface area contributed by atoms with E-state index >= 15 is 0 Å². The van der Waals surface area contributed by atoms with Crippen molar-refractivity contribution in [1.29, 1.82) is 0 Å². The first kappa shape index (κ1) is 38.2. The quantitative estimate of drug-likeness (QED) is 0.191. The van der Waals surface area contributed by atoms with Gasteiger partial charge >= 0.3 is 285 Å². The zero-order valence-corrected chi connectivity index (χ0v) is 34.0.